The van der Waals surface area contributed by atoms with Crippen molar-refractivity contribution in [1.82, 2.24) is 9.88 Å². The molecular weight excluding hydrogens is 392 g/mol. The summed E-state index contributed by atoms with van der Waals surface area (Å²) in [6.45, 7) is 4.65. The number of hydrogen-bond acceptors (Lipinski definition) is 4. The molecule has 0 spiro atoms. The van der Waals surface area contributed by atoms with Gasteiger partial charge in [-0.2, -0.15) is 0 Å². The summed E-state index contributed by atoms with van der Waals surface area (Å²) in [5, 5.41) is 3.43. The lowest BCUT2D eigenvalue weighted by molar-refractivity contribution is -0.132. The molecule has 0 saturated carbocycles. The van der Waals surface area contributed by atoms with Crippen LogP contribution in [0.15, 0.2) is 53.9 Å². The molecule has 2 aromatic carbocycles. The van der Waals surface area contributed by atoms with E-state index in [1.165, 1.54) is 11.3 Å². The van der Waals surface area contributed by atoms with Crippen molar-refractivity contribution in [3.05, 3.63) is 70.2 Å². The number of thiazole rings is 1. The first-order valence-corrected chi connectivity index (χ1v) is 10.4. The number of ether oxygens (including phenoxy) is 1. The average Bonchev–Trinajstić information content (AvgIpc) is 3.17. The topological polar surface area (TPSA) is 42.4 Å². The van der Waals surface area contributed by atoms with Gasteiger partial charge in [0.25, 0.3) is 0 Å². The molecule has 0 saturated heterocycles. The summed E-state index contributed by atoms with van der Waals surface area (Å²) < 4.78 is 5.31. The van der Waals surface area contributed by atoms with Gasteiger partial charge in [-0.1, -0.05) is 41.9 Å². The first-order chi connectivity index (χ1) is 13.5. The van der Waals surface area contributed by atoms with E-state index in [0.717, 1.165) is 27.6 Å². The van der Waals surface area contributed by atoms with Crippen molar-refractivity contribution < 1.29 is 9.53 Å². The number of benzene rings is 2. The van der Waals surface area contributed by atoms with Gasteiger partial charge in [0.1, 0.15) is 10.8 Å². The summed E-state index contributed by atoms with van der Waals surface area (Å²) in [7, 11) is 1.64. The Bertz CT molecular complexity index is 957. The SMILES string of the molecule is CCN(C(=O)Cc1csc(-c2ccccc2Cl)n1)C(C)c1cccc(OC)c1. The van der Waals surface area contributed by atoms with Crippen molar-refractivity contribution in [3.8, 4) is 16.3 Å². The zero-order valence-electron chi connectivity index (χ0n) is 16.2. The summed E-state index contributed by atoms with van der Waals surface area (Å²) in [6.07, 6.45) is 0.267. The Morgan fingerprint density at radius 3 is 2.75 bits per heavy atom. The predicted octanol–water partition coefficient (Wildman–Crippen LogP) is 5.62. The number of aromatic nitrogens is 1. The van der Waals surface area contributed by atoms with E-state index in [1.54, 1.807) is 7.11 Å². The molecule has 1 atom stereocenters. The Balaban J connectivity index is 1.74. The van der Waals surface area contributed by atoms with Crippen LogP contribution in [0.5, 0.6) is 5.75 Å². The zero-order valence-corrected chi connectivity index (χ0v) is 17.8. The van der Waals surface area contributed by atoms with Crippen LogP contribution in [-0.4, -0.2) is 29.4 Å². The summed E-state index contributed by atoms with van der Waals surface area (Å²) in [4.78, 5) is 19.4. The van der Waals surface area contributed by atoms with Gasteiger partial charge in [0.15, 0.2) is 0 Å². The van der Waals surface area contributed by atoms with Crippen LogP contribution in [0.4, 0.5) is 0 Å². The third-order valence-electron chi connectivity index (χ3n) is 4.69. The van der Waals surface area contributed by atoms with E-state index in [9.17, 15) is 4.79 Å². The van der Waals surface area contributed by atoms with Crippen molar-refractivity contribution in [3.63, 3.8) is 0 Å². The maximum atomic E-state index is 13.0. The average molecular weight is 415 g/mol. The van der Waals surface area contributed by atoms with Crippen LogP contribution in [0.2, 0.25) is 5.02 Å². The molecule has 0 aliphatic carbocycles. The van der Waals surface area contributed by atoms with E-state index in [0.29, 0.717) is 11.6 Å². The largest absolute Gasteiger partial charge is 0.497 e. The molecule has 0 N–H and O–H groups in total. The molecule has 0 radical (unpaired) electrons. The first-order valence-electron chi connectivity index (χ1n) is 9.16. The minimum Gasteiger partial charge on any atom is -0.497 e. The van der Waals surface area contributed by atoms with Crippen LogP contribution in [-0.2, 0) is 11.2 Å². The molecule has 146 valence electrons. The van der Waals surface area contributed by atoms with Gasteiger partial charge >= 0.3 is 0 Å². The van der Waals surface area contributed by atoms with Crippen molar-refractivity contribution in [1.29, 1.82) is 0 Å². The molecule has 4 nitrogen and oxygen atoms in total. The fourth-order valence-corrected chi connectivity index (χ4v) is 4.29. The number of likely N-dealkylation sites (N-methyl/N-ethyl adjacent to an activating group) is 1. The van der Waals surface area contributed by atoms with Crippen LogP contribution >= 0.6 is 22.9 Å². The Morgan fingerprint density at radius 2 is 2.04 bits per heavy atom. The highest BCUT2D eigenvalue weighted by Crippen LogP contribution is 2.30. The minimum atomic E-state index is -0.0470. The smallest absolute Gasteiger partial charge is 0.229 e. The Hall–Kier alpha value is -2.37. The van der Waals surface area contributed by atoms with Crippen LogP contribution < -0.4 is 4.74 Å². The summed E-state index contributed by atoms with van der Waals surface area (Å²) in [5.41, 5.74) is 2.70. The van der Waals surface area contributed by atoms with Gasteiger partial charge in [-0.25, -0.2) is 4.98 Å². The van der Waals surface area contributed by atoms with E-state index in [-0.39, 0.29) is 18.4 Å². The fraction of sp³-hybridized carbons (Fsp3) is 0.273. The molecule has 3 rings (SSSR count). The van der Waals surface area contributed by atoms with E-state index in [1.807, 2.05) is 72.7 Å². The van der Waals surface area contributed by atoms with Crippen LogP contribution in [0, 0.1) is 0 Å². The Morgan fingerprint density at radius 1 is 1.25 bits per heavy atom. The zero-order chi connectivity index (χ0) is 20.1. The second kappa shape index (κ2) is 9.22. The lowest BCUT2D eigenvalue weighted by Gasteiger charge is -2.28. The van der Waals surface area contributed by atoms with Gasteiger partial charge in [0, 0.05) is 17.5 Å². The molecule has 1 heterocycles. The summed E-state index contributed by atoms with van der Waals surface area (Å²) in [5.74, 6) is 0.838. The number of carbonyl (C=O) groups excluding carboxylic acids is 1. The number of methoxy groups -OCH3 is 1. The van der Waals surface area contributed by atoms with E-state index in [2.05, 4.69) is 4.98 Å². The number of halogens is 1. The minimum absolute atomic E-state index is 0.0470. The number of amides is 1. The molecule has 1 amide bonds. The molecular formula is C22H23ClN2O2S. The van der Waals surface area contributed by atoms with Gasteiger partial charge in [-0.05, 0) is 37.6 Å². The van der Waals surface area contributed by atoms with Crippen LogP contribution in [0.25, 0.3) is 10.6 Å². The Kier molecular flexibility index (Phi) is 6.70. The van der Waals surface area contributed by atoms with Crippen molar-refractivity contribution in [2.75, 3.05) is 13.7 Å². The predicted molar refractivity (Wildman–Crippen MR) is 115 cm³/mol. The maximum Gasteiger partial charge on any atom is 0.229 e. The number of rotatable bonds is 7. The highest BCUT2D eigenvalue weighted by atomic mass is 35.5. The van der Waals surface area contributed by atoms with Crippen LogP contribution in [0.3, 0.4) is 0 Å². The number of hydrogen-bond donors (Lipinski definition) is 0. The van der Waals surface area contributed by atoms with Crippen molar-refractivity contribution in [2.24, 2.45) is 0 Å². The summed E-state index contributed by atoms with van der Waals surface area (Å²) >= 11 is 7.77. The molecule has 0 aliphatic heterocycles. The van der Waals surface area contributed by atoms with Gasteiger partial charge < -0.3 is 9.64 Å². The van der Waals surface area contributed by atoms with Crippen molar-refractivity contribution >= 4 is 28.8 Å². The third-order valence-corrected chi connectivity index (χ3v) is 5.95. The lowest BCUT2D eigenvalue weighted by atomic mass is 10.1. The second-order valence-electron chi connectivity index (χ2n) is 6.43. The van der Waals surface area contributed by atoms with Gasteiger partial charge in [-0.15, -0.1) is 11.3 Å². The van der Waals surface area contributed by atoms with Crippen LogP contribution in [0.1, 0.15) is 31.1 Å². The van der Waals surface area contributed by atoms with Gasteiger partial charge in [-0.3, -0.25) is 4.79 Å². The maximum absolute atomic E-state index is 13.0. The monoisotopic (exact) mass is 414 g/mol. The van der Waals surface area contributed by atoms with E-state index >= 15 is 0 Å². The van der Waals surface area contributed by atoms with Gasteiger partial charge in [0.05, 0.1) is 30.3 Å². The first kappa shape index (κ1) is 20.4. The normalized spacial score (nSPS) is 11.9. The second-order valence-corrected chi connectivity index (χ2v) is 7.70. The van der Waals surface area contributed by atoms with Crippen molar-refractivity contribution in [2.45, 2.75) is 26.3 Å². The molecule has 28 heavy (non-hydrogen) atoms. The van der Waals surface area contributed by atoms with E-state index in [4.69, 9.17) is 16.3 Å². The number of nitrogens with zero attached hydrogens (tertiary/aromatic N) is 2. The summed E-state index contributed by atoms with van der Waals surface area (Å²) in [6, 6.07) is 15.4. The molecule has 0 fully saturated rings. The highest BCUT2D eigenvalue weighted by molar-refractivity contribution is 7.13. The fourth-order valence-electron chi connectivity index (χ4n) is 3.15. The highest BCUT2D eigenvalue weighted by Gasteiger charge is 2.21. The van der Waals surface area contributed by atoms with Gasteiger partial charge in [0.2, 0.25) is 5.91 Å². The van der Waals surface area contributed by atoms with E-state index < -0.39 is 0 Å². The molecule has 0 bridgehead atoms. The molecule has 0 aliphatic rings. The standard InChI is InChI=1S/C22H23ClN2O2S/c1-4-25(15(2)16-8-7-9-18(12-16)27-3)21(26)13-17-14-28-22(24-17)19-10-5-6-11-20(19)23/h5-12,14-15H,4,13H2,1-3H3. The molecule has 1 aromatic heterocycles. The Labute approximate surface area is 174 Å². The third kappa shape index (κ3) is 4.54. The lowest BCUT2D eigenvalue weighted by Crippen LogP contribution is -2.34. The molecule has 6 heteroatoms. The molecule has 3 aromatic rings. The number of carbonyl (C=O) groups is 1. The quantitative estimate of drug-likeness (QED) is 0.503. The molecule has 1 unspecified atom stereocenters.